The van der Waals surface area contributed by atoms with Crippen LogP contribution in [0, 0.1) is 5.82 Å². The smallest absolute Gasteiger partial charge is 0.341 e. The van der Waals surface area contributed by atoms with Crippen LogP contribution in [0.4, 0.5) is 4.39 Å². The van der Waals surface area contributed by atoms with Crippen molar-refractivity contribution >= 4 is 5.97 Å². The highest BCUT2D eigenvalue weighted by Crippen LogP contribution is 2.19. The zero-order valence-corrected chi connectivity index (χ0v) is 10.4. The molecule has 0 amide bonds. The first-order valence-electron chi connectivity index (χ1n) is 5.76. The summed E-state index contributed by atoms with van der Waals surface area (Å²) in [6, 6.07) is 12.9. The van der Waals surface area contributed by atoms with Crippen LogP contribution < -0.4 is 4.74 Å². The Morgan fingerprint density at radius 1 is 1.11 bits per heavy atom. The molecule has 0 saturated heterocycles. The summed E-state index contributed by atoms with van der Waals surface area (Å²) in [6.45, 7) is 0.0389. The molecule has 0 radical (unpaired) electrons. The number of carbonyl (C=O) groups is 1. The van der Waals surface area contributed by atoms with Gasteiger partial charge < -0.3 is 9.47 Å². The average molecular weight is 260 g/mol. The quantitative estimate of drug-likeness (QED) is 0.792. The summed E-state index contributed by atoms with van der Waals surface area (Å²) in [5, 5.41) is 0. The van der Waals surface area contributed by atoms with Crippen molar-refractivity contribution in [2.45, 2.75) is 6.61 Å². The third-order valence-corrected chi connectivity index (χ3v) is 2.65. The van der Waals surface area contributed by atoms with Crippen molar-refractivity contribution < 1.29 is 18.7 Å². The first kappa shape index (κ1) is 13.1. The van der Waals surface area contributed by atoms with Crippen molar-refractivity contribution in [2.24, 2.45) is 0 Å². The minimum atomic E-state index is -0.691. The Morgan fingerprint density at radius 2 is 1.79 bits per heavy atom. The van der Waals surface area contributed by atoms with Crippen molar-refractivity contribution in [2.75, 3.05) is 7.11 Å². The Kier molecular flexibility index (Phi) is 4.13. The van der Waals surface area contributed by atoms with Crippen LogP contribution in [0.2, 0.25) is 0 Å². The first-order valence-corrected chi connectivity index (χ1v) is 5.76. The third kappa shape index (κ3) is 3.10. The minimum Gasteiger partial charge on any atom is -0.496 e. The molecule has 0 N–H and O–H groups in total. The Balaban J connectivity index is 2.07. The van der Waals surface area contributed by atoms with Crippen LogP contribution in [0.25, 0.3) is 0 Å². The Morgan fingerprint density at radius 3 is 2.53 bits per heavy atom. The number of carbonyl (C=O) groups excluding carboxylic acids is 1. The van der Waals surface area contributed by atoms with Gasteiger partial charge in [-0.25, -0.2) is 9.18 Å². The predicted molar refractivity (Wildman–Crippen MR) is 68.5 cm³/mol. The van der Waals surface area contributed by atoms with E-state index in [0.717, 1.165) is 5.56 Å². The van der Waals surface area contributed by atoms with Gasteiger partial charge in [0.15, 0.2) is 0 Å². The number of hydrogen-bond acceptors (Lipinski definition) is 3. The van der Waals surface area contributed by atoms with Gasteiger partial charge in [0.1, 0.15) is 18.2 Å². The lowest BCUT2D eigenvalue weighted by Gasteiger charge is -2.09. The summed E-state index contributed by atoms with van der Waals surface area (Å²) in [7, 11) is 1.54. The van der Waals surface area contributed by atoms with Gasteiger partial charge in [-0.05, 0) is 18.2 Å². The van der Waals surface area contributed by atoms with Crippen LogP contribution in [0.15, 0.2) is 48.5 Å². The molecule has 0 aliphatic rings. The molecule has 2 rings (SSSR count). The van der Waals surface area contributed by atoms with E-state index < -0.39 is 11.8 Å². The van der Waals surface area contributed by atoms with E-state index in [0.29, 0.717) is 5.75 Å². The highest BCUT2D eigenvalue weighted by atomic mass is 19.1. The molecule has 0 aliphatic carbocycles. The van der Waals surface area contributed by atoms with Gasteiger partial charge in [-0.15, -0.1) is 0 Å². The Hall–Kier alpha value is -2.36. The second-order valence-corrected chi connectivity index (χ2v) is 3.87. The van der Waals surface area contributed by atoms with E-state index in [4.69, 9.17) is 9.47 Å². The highest BCUT2D eigenvalue weighted by molar-refractivity contribution is 5.89. The van der Waals surface area contributed by atoms with Crippen molar-refractivity contribution in [3.8, 4) is 5.75 Å². The average Bonchev–Trinajstić information content (AvgIpc) is 2.45. The summed E-state index contributed by atoms with van der Waals surface area (Å²) < 4.78 is 23.6. The molecule has 0 aromatic heterocycles. The molecular formula is C15H13FO3. The van der Waals surface area contributed by atoms with Crippen LogP contribution in [0.3, 0.4) is 0 Å². The van der Waals surface area contributed by atoms with Gasteiger partial charge in [-0.2, -0.15) is 0 Å². The number of para-hydroxylation sites is 1. The molecule has 0 spiro atoms. The fraction of sp³-hybridized carbons (Fsp3) is 0.133. The summed E-state index contributed by atoms with van der Waals surface area (Å²) >= 11 is 0. The van der Waals surface area contributed by atoms with Gasteiger partial charge in [0.25, 0.3) is 0 Å². The van der Waals surface area contributed by atoms with Gasteiger partial charge in [-0.1, -0.05) is 30.3 Å². The fourth-order valence-corrected chi connectivity index (χ4v) is 1.67. The molecule has 0 bridgehead atoms. The monoisotopic (exact) mass is 260 g/mol. The lowest BCUT2D eigenvalue weighted by molar-refractivity contribution is 0.0465. The summed E-state index contributed by atoms with van der Waals surface area (Å²) in [6.07, 6.45) is 0. The van der Waals surface area contributed by atoms with E-state index >= 15 is 0 Å². The maximum absolute atomic E-state index is 13.4. The second kappa shape index (κ2) is 6.00. The fourth-order valence-electron chi connectivity index (χ4n) is 1.67. The Labute approximate surface area is 110 Å². The van der Waals surface area contributed by atoms with Crippen molar-refractivity contribution in [3.63, 3.8) is 0 Å². The summed E-state index contributed by atoms with van der Waals surface area (Å²) in [5.74, 6) is -0.652. The minimum absolute atomic E-state index is 0.0389. The summed E-state index contributed by atoms with van der Waals surface area (Å²) in [4.78, 5) is 11.7. The number of benzene rings is 2. The molecule has 2 aromatic rings. The van der Waals surface area contributed by atoms with E-state index in [9.17, 15) is 9.18 Å². The second-order valence-electron chi connectivity index (χ2n) is 3.87. The molecule has 0 unspecified atom stereocenters. The van der Waals surface area contributed by atoms with Gasteiger partial charge in [0.05, 0.1) is 12.7 Å². The molecule has 3 nitrogen and oxygen atoms in total. The lowest BCUT2D eigenvalue weighted by atomic mass is 10.2. The summed E-state index contributed by atoms with van der Waals surface area (Å²) in [5.41, 5.74) is 0.659. The van der Waals surface area contributed by atoms with E-state index in [2.05, 4.69) is 0 Å². The van der Waals surface area contributed by atoms with Crippen LogP contribution >= 0.6 is 0 Å². The van der Waals surface area contributed by atoms with Crippen LogP contribution in [-0.2, 0) is 11.3 Å². The molecule has 0 aliphatic heterocycles. The van der Waals surface area contributed by atoms with Gasteiger partial charge in [0.2, 0.25) is 0 Å². The molecule has 19 heavy (non-hydrogen) atoms. The van der Waals surface area contributed by atoms with E-state index in [1.165, 1.54) is 25.3 Å². The molecule has 2 aromatic carbocycles. The number of methoxy groups -OCH3 is 1. The lowest BCUT2D eigenvalue weighted by Crippen LogP contribution is -2.08. The SMILES string of the molecule is COc1ccccc1COC(=O)c1ccccc1F. The zero-order valence-electron chi connectivity index (χ0n) is 10.4. The molecule has 0 heterocycles. The zero-order chi connectivity index (χ0) is 13.7. The largest absolute Gasteiger partial charge is 0.496 e. The van der Waals surface area contributed by atoms with Gasteiger partial charge in [-0.3, -0.25) is 0 Å². The standard InChI is InChI=1S/C15H13FO3/c1-18-14-9-5-2-6-11(14)10-19-15(17)12-7-3-4-8-13(12)16/h2-9H,10H2,1H3. The number of ether oxygens (including phenoxy) is 2. The van der Waals surface area contributed by atoms with E-state index in [-0.39, 0.29) is 12.2 Å². The highest BCUT2D eigenvalue weighted by Gasteiger charge is 2.13. The molecule has 0 fully saturated rings. The third-order valence-electron chi connectivity index (χ3n) is 2.65. The maximum atomic E-state index is 13.4. The molecule has 4 heteroatoms. The molecule has 0 saturated carbocycles. The maximum Gasteiger partial charge on any atom is 0.341 e. The normalized spacial score (nSPS) is 10.0. The van der Waals surface area contributed by atoms with Crippen molar-refractivity contribution in [1.82, 2.24) is 0 Å². The molecular weight excluding hydrogens is 247 g/mol. The molecule has 98 valence electrons. The van der Waals surface area contributed by atoms with Gasteiger partial charge in [0, 0.05) is 5.56 Å². The molecule has 0 atom stereocenters. The predicted octanol–water partition coefficient (Wildman–Crippen LogP) is 3.19. The van der Waals surface area contributed by atoms with Crippen LogP contribution in [0.5, 0.6) is 5.75 Å². The number of halogens is 1. The van der Waals surface area contributed by atoms with Crippen LogP contribution in [-0.4, -0.2) is 13.1 Å². The van der Waals surface area contributed by atoms with Crippen LogP contribution in [0.1, 0.15) is 15.9 Å². The van der Waals surface area contributed by atoms with E-state index in [1.54, 1.807) is 18.2 Å². The number of hydrogen-bond donors (Lipinski definition) is 0. The first-order chi connectivity index (χ1) is 9.22. The van der Waals surface area contributed by atoms with Gasteiger partial charge >= 0.3 is 5.97 Å². The van der Waals surface area contributed by atoms with Crippen molar-refractivity contribution in [1.29, 1.82) is 0 Å². The van der Waals surface area contributed by atoms with Crippen molar-refractivity contribution in [3.05, 3.63) is 65.5 Å². The number of esters is 1. The number of rotatable bonds is 4. The Bertz CT molecular complexity index is 581. The topological polar surface area (TPSA) is 35.5 Å². The van der Waals surface area contributed by atoms with E-state index in [1.807, 2.05) is 12.1 Å².